The van der Waals surface area contributed by atoms with Gasteiger partial charge in [-0.3, -0.25) is 0 Å². The molecule has 8 atom stereocenters. The van der Waals surface area contributed by atoms with Crippen molar-refractivity contribution in [3.8, 4) is 0 Å². The number of aromatic nitrogens is 1. The first-order chi connectivity index (χ1) is 20.9. The van der Waals surface area contributed by atoms with E-state index in [4.69, 9.17) is 4.74 Å². The quantitative estimate of drug-likeness (QED) is 0.125. The maximum Gasteiger partial charge on any atom is 0.334 e. The zero-order valence-corrected chi connectivity index (χ0v) is 27.9. The molecule has 0 saturated heterocycles. The van der Waals surface area contributed by atoms with Crippen LogP contribution in [-0.4, -0.2) is 73.1 Å². The van der Waals surface area contributed by atoms with Crippen LogP contribution in [0, 0.1) is 5.92 Å². The molecule has 1 aromatic rings. The van der Waals surface area contributed by atoms with Crippen LogP contribution in [0.25, 0.3) is 6.08 Å². The topological polar surface area (TPSA) is 140 Å². The number of unbranched alkanes of at least 4 members (excludes halogenated alkanes) is 3. The molecule has 2 bridgehead atoms. The van der Waals surface area contributed by atoms with Crippen molar-refractivity contribution in [3.05, 3.63) is 69.3 Å². The summed E-state index contributed by atoms with van der Waals surface area (Å²) in [6, 6.07) is 0. The second kappa shape index (κ2) is 19.2. The number of hydrogen-bond donors (Lipinski definition) is 5. The fourth-order valence-electron chi connectivity index (χ4n) is 5.05. The average molecular weight is 632 g/mol. The minimum absolute atomic E-state index is 0.0510. The molecule has 0 spiro atoms. The number of aliphatic hydroxyl groups is 5. The summed E-state index contributed by atoms with van der Waals surface area (Å²) in [5.74, 6) is -1.73. The molecule has 0 aromatic carbocycles. The number of cyclic esters (lactones) is 1. The Bertz CT molecular complexity index is 1180. The Morgan fingerprint density at radius 3 is 2.55 bits per heavy atom. The third-order valence-electron chi connectivity index (χ3n) is 8.20. The Hall–Kier alpha value is -2.40. The van der Waals surface area contributed by atoms with Crippen molar-refractivity contribution in [2.24, 2.45) is 5.92 Å². The molecule has 1 aromatic heterocycles. The molecule has 44 heavy (non-hydrogen) atoms. The van der Waals surface area contributed by atoms with E-state index in [0.717, 1.165) is 31.3 Å². The number of ether oxygens (including phenoxy) is 1. The standard InChI is InChI=1S/C35H53NO7S/c1-7-9-10-12-15-26-19-27-21-44-34(36-27)24(5)30(39)20-28(37)16-13-11-14-17-29(38)33(43-35(26)42)32(41)25(6)31(40)23(4)18-22(3)8-2/h8,11,13-14,16,18-19,21,24-25,28-33,37-41H,7,9-10,12,15,17,20H2,1-6H3/b14-11-,16-13-,22-8+,23-18+,26-19-/t24-,25+,28-,29+,30+,31+,32-,33-/m0/s1. The largest absolute Gasteiger partial charge is 0.453 e. The second-order valence-electron chi connectivity index (χ2n) is 12.0. The lowest BCUT2D eigenvalue weighted by atomic mass is 9.87. The minimum Gasteiger partial charge on any atom is -0.453 e. The van der Waals surface area contributed by atoms with Gasteiger partial charge in [0.1, 0.15) is 0 Å². The highest BCUT2D eigenvalue weighted by molar-refractivity contribution is 7.09. The number of nitrogens with zero attached hydrogens (tertiary/aromatic N) is 1. The first-order valence-electron chi connectivity index (χ1n) is 15.8. The monoisotopic (exact) mass is 631 g/mol. The maximum atomic E-state index is 13.7. The van der Waals surface area contributed by atoms with Gasteiger partial charge in [-0.15, -0.1) is 11.3 Å². The van der Waals surface area contributed by atoms with E-state index in [1.807, 2.05) is 38.3 Å². The Kier molecular flexibility index (Phi) is 16.5. The SMILES string of the molecule is C/C=C(C)/C=C(\C)[C@@H](O)[C@@H](C)[C@H](O)[C@H]1OC(=O)/C(CCCCCC)=C\c2csc(n2)[C@@H](C)[C@H](O)C[C@@H](O)/C=C\C=C/C[C@H]1O. The summed E-state index contributed by atoms with van der Waals surface area (Å²) in [5.41, 5.74) is 2.53. The number of carbonyl (C=O) groups is 1. The van der Waals surface area contributed by atoms with Crippen LogP contribution in [0.4, 0.5) is 0 Å². The number of rotatable bonds is 10. The zero-order chi connectivity index (χ0) is 32.8. The van der Waals surface area contributed by atoms with Crippen molar-refractivity contribution in [1.29, 1.82) is 0 Å². The van der Waals surface area contributed by atoms with E-state index in [9.17, 15) is 30.3 Å². The zero-order valence-electron chi connectivity index (χ0n) is 27.1. The number of aliphatic hydroxyl groups excluding tert-OH is 5. The molecule has 0 saturated carbocycles. The van der Waals surface area contributed by atoms with Gasteiger partial charge in [0, 0.05) is 29.2 Å². The number of allylic oxidation sites excluding steroid dienone is 5. The Morgan fingerprint density at radius 2 is 1.86 bits per heavy atom. The lowest BCUT2D eigenvalue weighted by molar-refractivity contribution is -0.165. The van der Waals surface area contributed by atoms with Crippen LogP contribution in [0.3, 0.4) is 0 Å². The molecular formula is C35H53NO7S. The van der Waals surface area contributed by atoms with Crippen LogP contribution >= 0.6 is 11.3 Å². The Balaban J connectivity index is 2.50. The molecule has 0 amide bonds. The van der Waals surface area contributed by atoms with E-state index < -0.39 is 48.5 Å². The van der Waals surface area contributed by atoms with Gasteiger partial charge >= 0.3 is 5.97 Å². The normalized spacial score (nSPS) is 29.4. The molecule has 9 heteroatoms. The highest BCUT2D eigenvalue weighted by Crippen LogP contribution is 2.29. The Labute approximate surface area is 267 Å². The van der Waals surface area contributed by atoms with Crippen LogP contribution in [-0.2, 0) is 9.53 Å². The molecule has 1 aliphatic rings. The molecule has 0 radical (unpaired) electrons. The summed E-state index contributed by atoms with van der Waals surface area (Å²) in [7, 11) is 0. The third-order valence-corrected chi connectivity index (χ3v) is 9.27. The van der Waals surface area contributed by atoms with E-state index in [-0.39, 0.29) is 18.8 Å². The fraction of sp³-hybridized carbons (Fsp3) is 0.600. The van der Waals surface area contributed by atoms with Crippen molar-refractivity contribution < 1.29 is 35.1 Å². The molecule has 2 heterocycles. The average Bonchev–Trinajstić information content (AvgIpc) is 3.47. The summed E-state index contributed by atoms with van der Waals surface area (Å²) in [4.78, 5) is 18.3. The van der Waals surface area contributed by atoms with Crippen LogP contribution in [0.5, 0.6) is 0 Å². The molecule has 5 N–H and O–H groups in total. The first kappa shape index (κ1) is 37.8. The lowest BCUT2D eigenvalue weighted by Gasteiger charge is -2.33. The summed E-state index contributed by atoms with van der Waals surface area (Å²) in [6.45, 7) is 11.2. The molecule has 0 unspecified atom stereocenters. The molecule has 1 aliphatic heterocycles. The third kappa shape index (κ3) is 11.8. The van der Waals surface area contributed by atoms with Crippen molar-refractivity contribution in [2.75, 3.05) is 0 Å². The number of esters is 1. The van der Waals surface area contributed by atoms with Crippen molar-refractivity contribution >= 4 is 23.4 Å². The van der Waals surface area contributed by atoms with Gasteiger partial charge in [0.2, 0.25) is 0 Å². The van der Waals surface area contributed by atoms with E-state index in [1.54, 1.807) is 44.2 Å². The molecule has 8 nitrogen and oxygen atoms in total. The molecule has 246 valence electrons. The summed E-state index contributed by atoms with van der Waals surface area (Å²) in [6.07, 6.45) is 9.58. The number of fused-ring (bicyclic) bond motifs is 2. The second-order valence-corrected chi connectivity index (χ2v) is 12.8. The predicted octanol–water partition coefficient (Wildman–Crippen LogP) is 5.77. The fourth-order valence-corrected chi connectivity index (χ4v) is 5.94. The molecular weight excluding hydrogens is 578 g/mol. The van der Waals surface area contributed by atoms with Gasteiger partial charge in [-0.25, -0.2) is 9.78 Å². The van der Waals surface area contributed by atoms with Gasteiger partial charge < -0.3 is 30.3 Å². The van der Waals surface area contributed by atoms with Gasteiger partial charge in [-0.2, -0.15) is 0 Å². The van der Waals surface area contributed by atoms with Gasteiger partial charge in [0.05, 0.1) is 41.2 Å². The highest BCUT2D eigenvalue weighted by atomic mass is 32.1. The van der Waals surface area contributed by atoms with E-state index in [0.29, 0.717) is 28.3 Å². The van der Waals surface area contributed by atoms with Crippen molar-refractivity contribution in [3.63, 3.8) is 0 Å². The molecule has 0 aliphatic carbocycles. The smallest absolute Gasteiger partial charge is 0.334 e. The Morgan fingerprint density at radius 1 is 1.14 bits per heavy atom. The van der Waals surface area contributed by atoms with Gasteiger partial charge in [-0.05, 0) is 51.7 Å². The minimum atomic E-state index is -1.37. The first-order valence-corrected chi connectivity index (χ1v) is 16.7. The maximum absolute atomic E-state index is 13.7. The van der Waals surface area contributed by atoms with Gasteiger partial charge in [0.25, 0.3) is 0 Å². The number of carbonyl (C=O) groups excluding carboxylic acids is 1. The van der Waals surface area contributed by atoms with Crippen LogP contribution in [0.2, 0.25) is 0 Å². The van der Waals surface area contributed by atoms with Crippen molar-refractivity contribution in [1.82, 2.24) is 4.98 Å². The summed E-state index contributed by atoms with van der Waals surface area (Å²) in [5, 5.41) is 57.3. The number of thiazole rings is 1. The summed E-state index contributed by atoms with van der Waals surface area (Å²) < 4.78 is 5.89. The number of hydrogen-bond acceptors (Lipinski definition) is 9. The van der Waals surface area contributed by atoms with Crippen LogP contribution in [0.15, 0.2) is 58.6 Å². The van der Waals surface area contributed by atoms with Crippen molar-refractivity contribution in [2.45, 2.75) is 129 Å². The van der Waals surface area contributed by atoms with E-state index in [1.165, 1.54) is 11.3 Å². The predicted molar refractivity (Wildman–Crippen MR) is 177 cm³/mol. The van der Waals surface area contributed by atoms with Gasteiger partial charge in [-0.1, -0.05) is 82.1 Å². The van der Waals surface area contributed by atoms with Crippen LogP contribution < -0.4 is 0 Å². The summed E-state index contributed by atoms with van der Waals surface area (Å²) >= 11 is 1.37. The molecule has 0 fully saturated rings. The van der Waals surface area contributed by atoms with Crippen LogP contribution in [0.1, 0.15) is 103 Å². The van der Waals surface area contributed by atoms with E-state index in [2.05, 4.69) is 11.9 Å². The lowest BCUT2D eigenvalue weighted by Crippen LogP contribution is -2.47. The van der Waals surface area contributed by atoms with E-state index >= 15 is 0 Å². The molecule has 2 rings (SSSR count). The highest BCUT2D eigenvalue weighted by Gasteiger charge is 2.37. The van der Waals surface area contributed by atoms with Gasteiger partial charge in [0.15, 0.2) is 6.10 Å².